The van der Waals surface area contributed by atoms with Crippen molar-refractivity contribution in [2.75, 3.05) is 13.2 Å². The summed E-state index contributed by atoms with van der Waals surface area (Å²) >= 11 is 0. The van der Waals surface area contributed by atoms with E-state index in [-0.39, 0.29) is 31.1 Å². The molecule has 0 aromatic rings. The van der Waals surface area contributed by atoms with Crippen molar-refractivity contribution in [1.82, 2.24) is 0 Å². The van der Waals surface area contributed by atoms with Gasteiger partial charge >= 0.3 is 17.9 Å². The summed E-state index contributed by atoms with van der Waals surface area (Å²) in [6.45, 7) is 6.50. The molecule has 348 valence electrons. The molecule has 0 bridgehead atoms. The number of hydrogen-bond acceptors (Lipinski definition) is 6. The molecule has 0 rings (SSSR count). The Morgan fingerprint density at radius 2 is 0.650 bits per heavy atom. The first-order valence-electron chi connectivity index (χ1n) is 25.6. The average molecular weight is 841 g/mol. The molecule has 0 aromatic heterocycles. The number of rotatable bonds is 46. The Morgan fingerprint density at radius 3 is 1.02 bits per heavy atom. The maximum atomic E-state index is 12.8. The quantitative estimate of drug-likeness (QED) is 0.0263. The zero-order valence-corrected chi connectivity index (χ0v) is 39.7. The highest BCUT2D eigenvalue weighted by Gasteiger charge is 2.19. The SMILES string of the molecule is CC/C=C\C/C=C\C/C=C\C/C=C\CCCCCC(=O)OC(COC(=O)CCCCCCCCCCC)COC(=O)CCCCCCCCCCCCCCCCCCC. The van der Waals surface area contributed by atoms with Crippen LogP contribution in [0.1, 0.15) is 258 Å². The minimum atomic E-state index is -0.784. The molecule has 0 aliphatic carbocycles. The van der Waals surface area contributed by atoms with Gasteiger partial charge in [0.15, 0.2) is 6.10 Å². The summed E-state index contributed by atoms with van der Waals surface area (Å²) in [5.41, 5.74) is 0. The molecule has 0 spiro atoms. The standard InChI is InChI=1S/C54H96O6/c1-4-7-10-13-16-19-21-23-25-27-29-30-32-35-38-41-44-47-53(56)59-50-51(49-58-52(55)46-43-40-37-34-18-15-12-9-6-3)60-54(57)48-45-42-39-36-33-31-28-26-24-22-20-17-14-11-8-5-2/h8,11,17,20,24,26,31,33,51H,4-7,9-10,12-16,18-19,21-23,25,27-30,32,34-50H2,1-3H3/b11-8-,20-17-,26-24-,33-31-. The molecule has 6 heteroatoms. The first-order chi connectivity index (χ1) is 29.5. The van der Waals surface area contributed by atoms with E-state index < -0.39 is 6.10 Å². The van der Waals surface area contributed by atoms with Crippen LogP contribution in [-0.4, -0.2) is 37.2 Å². The molecule has 1 atom stereocenters. The lowest BCUT2D eigenvalue weighted by Gasteiger charge is -2.18. The summed E-state index contributed by atoms with van der Waals surface area (Å²) in [5, 5.41) is 0. The Kier molecular flexibility index (Phi) is 46.9. The topological polar surface area (TPSA) is 78.9 Å². The predicted octanol–water partition coefficient (Wildman–Crippen LogP) is 16.7. The molecule has 0 fully saturated rings. The fraction of sp³-hybridized carbons (Fsp3) is 0.796. The van der Waals surface area contributed by atoms with Crippen molar-refractivity contribution < 1.29 is 28.6 Å². The van der Waals surface area contributed by atoms with Gasteiger partial charge in [-0.2, -0.15) is 0 Å². The zero-order valence-electron chi connectivity index (χ0n) is 39.7. The Morgan fingerprint density at radius 1 is 0.350 bits per heavy atom. The molecule has 1 unspecified atom stereocenters. The molecule has 0 radical (unpaired) electrons. The number of allylic oxidation sites excluding steroid dienone is 8. The van der Waals surface area contributed by atoms with Crippen LogP contribution in [0.15, 0.2) is 48.6 Å². The molecule has 0 saturated carbocycles. The van der Waals surface area contributed by atoms with Crippen molar-refractivity contribution in [2.24, 2.45) is 0 Å². The third-order valence-electron chi connectivity index (χ3n) is 11.1. The van der Waals surface area contributed by atoms with Gasteiger partial charge < -0.3 is 14.2 Å². The smallest absolute Gasteiger partial charge is 0.306 e. The molecular formula is C54H96O6. The van der Waals surface area contributed by atoms with Gasteiger partial charge in [0, 0.05) is 19.3 Å². The van der Waals surface area contributed by atoms with Gasteiger partial charge in [-0.15, -0.1) is 0 Å². The molecule has 0 aliphatic heterocycles. The zero-order chi connectivity index (χ0) is 43.7. The van der Waals surface area contributed by atoms with Crippen LogP contribution in [-0.2, 0) is 28.6 Å². The van der Waals surface area contributed by atoms with Crippen molar-refractivity contribution in [2.45, 2.75) is 264 Å². The Hall–Kier alpha value is -2.63. The van der Waals surface area contributed by atoms with Gasteiger partial charge in [-0.25, -0.2) is 0 Å². The Labute approximate surface area is 371 Å². The van der Waals surface area contributed by atoms with Gasteiger partial charge in [-0.3, -0.25) is 14.4 Å². The van der Waals surface area contributed by atoms with Gasteiger partial charge in [-0.05, 0) is 57.8 Å². The minimum Gasteiger partial charge on any atom is -0.462 e. The van der Waals surface area contributed by atoms with Crippen molar-refractivity contribution in [3.8, 4) is 0 Å². The van der Waals surface area contributed by atoms with Gasteiger partial charge in [0.2, 0.25) is 0 Å². The van der Waals surface area contributed by atoms with Crippen LogP contribution in [0.4, 0.5) is 0 Å². The van der Waals surface area contributed by atoms with E-state index in [2.05, 4.69) is 69.4 Å². The molecule has 6 nitrogen and oxygen atoms in total. The first-order valence-corrected chi connectivity index (χ1v) is 25.6. The van der Waals surface area contributed by atoms with Crippen LogP contribution >= 0.6 is 0 Å². The number of carbonyl (C=O) groups is 3. The largest absolute Gasteiger partial charge is 0.462 e. The monoisotopic (exact) mass is 841 g/mol. The molecular weight excluding hydrogens is 745 g/mol. The molecule has 60 heavy (non-hydrogen) atoms. The van der Waals surface area contributed by atoms with Crippen molar-refractivity contribution in [3.63, 3.8) is 0 Å². The fourth-order valence-corrected chi connectivity index (χ4v) is 7.26. The second-order valence-electron chi connectivity index (χ2n) is 17.1. The minimum absolute atomic E-state index is 0.0827. The van der Waals surface area contributed by atoms with Crippen molar-refractivity contribution >= 4 is 17.9 Å². The van der Waals surface area contributed by atoms with E-state index in [1.165, 1.54) is 128 Å². The van der Waals surface area contributed by atoms with Crippen LogP contribution in [0.2, 0.25) is 0 Å². The van der Waals surface area contributed by atoms with E-state index in [0.29, 0.717) is 19.3 Å². The van der Waals surface area contributed by atoms with Crippen LogP contribution < -0.4 is 0 Å². The third kappa shape index (κ3) is 46.4. The van der Waals surface area contributed by atoms with E-state index in [1.807, 2.05) is 0 Å². The molecule has 0 N–H and O–H groups in total. The number of hydrogen-bond donors (Lipinski definition) is 0. The van der Waals surface area contributed by atoms with E-state index in [1.54, 1.807) is 0 Å². The third-order valence-corrected chi connectivity index (χ3v) is 11.1. The summed E-state index contributed by atoms with van der Waals surface area (Å²) in [4.78, 5) is 37.9. The number of carbonyl (C=O) groups excluding carboxylic acids is 3. The molecule has 0 heterocycles. The highest BCUT2D eigenvalue weighted by molar-refractivity contribution is 5.71. The summed E-state index contributed by atoms with van der Waals surface area (Å²) < 4.78 is 16.7. The van der Waals surface area contributed by atoms with Gasteiger partial charge in [0.1, 0.15) is 13.2 Å². The second kappa shape index (κ2) is 49.0. The molecule has 0 saturated heterocycles. The van der Waals surface area contributed by atoms with Gasteiger partial charge in [0.05, 0.1) is 0 Å². The number of esters is 3. The Balaban J connectivity index is 4.35. The average Bonchev–Trinajstić information content (AvgIpc) is 3.24. The lowest BCUT2D eigenvalue weighted by Crippen LogP contribution is -2.30. The van der Waals surface area contributed by atoms with Crippen LogP contribution in [0.3, 0.4) is 0 Å². The maximum Gasteiger partial charge on any atom is 0.306 e. The lowest BCUT2D eigenvalue weighted by molar-refractivity contribution is -0.167. The highest BCUT2D eigenvalue weighted by atomic mass is 16.6. The number of ether oxygens (including phenoxy) is 3. The fourth-order valence-electron chi connectivity index (χ4n) is 7.26. The summed E-state index contributed by atoms with van der Waals surface area (Å²) in [7, 11) is 0. The van der Waals surface area contributed by atoms with Crippen molar-refractivity contribution in [3.05, 3.63) is 48.6 Å². The summed E-state index contributed by atoms with van der Waals surface area (Å²) in [6, 6.07) is 0. The highest BCUT2D eigenvalue weighted by Crippen LogP contribution is 2.16. The predicted molar refractivity (Wildman–Crippen MR) is 256 cm³/mol. The van der Waals surface area contributed by atoms with E-state index in [4.69, 9.17) is 14.2 Å². The Bertz CT molecular complexity index is 1060. The normalized spacial score (nSPS) is 12.4. The van der Waals surface area contributed by atoms with Crippen molar-refractivity contribution in [1.29, 1.82) is 0 Å². The van der Waals surface area contributed by atoms with Crippen LogP contribution in [0.25, 0.3) is 0 Å². The first kappa shape index (κ1) is 57.4. The van der Waals surface area contributed by atoms with Crippen LogP contribution in [0, 0.1) is 0 Å². The van der Waals surface area contributed by atoms with E-state index >= 15 is 0 Å². The molecule has 0 aliphatic rings. The van der Waals surface area contributed by atoms with Gasteiger partial charge in [-0.1, -0.05) is 230 Å². The maximum absolute atomic E-state index is 12.8. The second-order valence-corrected chi connectivity index (χ2v) is 17.1. The lowest BCUT2D eigenvalue weighted by atomic mass is 10.0. The molecule has 0 amide bonds. The van der Waals surface area contributed by atoms with E-state index in [9.17, 15) is 14.4 Å². The molecule has 0 aromatic carbocycles. The summed E-state index contributed by atoms with van der Waals surface area (Å²) in [5.74, 6) is -0.908. The van der Waals surface area contributed by atoms with Crippen LogP contribution in [0.5, 0.6) is 0 Å². The summed E-state index contributed by atoms with van der Waals surface area (Å²) in [6.07, 6.45) is 58.1. The van der Waals surface area contributed by atoms with Gasteiger partial charge in [0.25, 0.3) is 0 Å². The number of unbranched alkanes of at least 4 members (excludes halogenated alkanes) is 27. The van der Waals surface area contributed by atoms with E-state index in [0.717, 1.165) is 89.9 Å².